The molecule has 4 nitrogen and oxygen atoms in total. The monoisotopic (exact) mass is 446 g/mol. The standard InChI is InChI=1S/C28H31FN2O2/c1-30(2)27(32)25-13-12-23(19-26(25)29)28(22-10-7-11-24(18-22)33-3)14-16-31(17-15-28)20-21-8-5-4-6-9-21/h4-13,18-19H,14-17,20H2,1-3H3. The molecule has 4 rings (SSSR count). The lowest BCUT2D eigenvalue weighted by atomic mass is 9.67. The molecular formula is C28H31FN2O2. The zero-order valence-corrected chi connectivity index (χ0v) is 19.6. The summed E-state index contributed by atoms with van der Waals surface area (Å²) in [5.41, 5.74) is 3.08. The fraction of sp³-hybridized carbons (Fsp3) is 0.321. The number of rotatable bonds is 6. The predicted molar refractivity (Wildman–Crippen MR) is 129 cm³/mol. The van der Waals surface area contributed by atoms with Gasteiger partial charge >= 0.3 is 0 Å². The lowest BCUT2D eigenvalue weighted by Crippen LogP contribution is -2.43. The summed E-state index contributed by atoms with van der Waals surface area (Å²) in [6.07, 6.45) is 1.71. The Morgan fingerprint density at radius 2 is 1.67 bits per heavy atom. The maximum absolute atomic E-state index is 15.1. The average Bonchev–Trinajstić information content (AvgIpc) is 2.85. The number of nitrogens with zero attached hydrogens (tertiary/aromatic N) is 2. The average molecular weight is 447 g/mol. The van der Waals surface area contributed by atoms with E-state index in [0.717, 1.165) is 49.4 Å². The highest BCUT2D eigenvalue weighted by Gasteiger charge is 2.38. The Kier molecular flexibility index (Phi) is 6.80. The highest BCUT2D eigenvalue weighted by molar-refractivity contribution is 5.94. The van der Waals surface area contributed by atoms with Crippen LogP contribution in [0, 0.1) is 5.82 Å². The van der Waals surface area contributed by atoms with Crippen molar-refractivity contribution in [2.75, 3.05) is 34.3 Å². The molecule has 1 amide bonds. The van der Waals surface area contributed by atoms with E-state index in [9.17, 15) is 4.79 Å². The molecule has 0 N–H and O–H groups in total. The van der Waals surface area contributed by atoms with E-state index in [2.05, 4.69) is 41.3 Å². The summed E-state index contributed by atoms with van der Waals surface area (Å²) < 4.78 is 20.6. The summed E-state index contributed by atoms with van der Waals surface area (Å²) in [5.74, 6) is -0.00850. The van der Waals surface area contributed by atoms with Crippen molar-refractivity contribution < 1.29 is 13.9 Å². The number of methoxy groups -OCH3 is 1. The minimum Gasteiger partial charge on any atom is -0.497 e. The molecule has 33 heavy (non-hydrogen) atoms. The third kappa shape index (κ3) is 4.79. The Labute approximate surface area is 195 Å². The number of halogens is 1. The second kappa shape index (κ2) is 9.75. The molecule has 0 unspecified atom stereocenters. The molecule has 0 aromatic heterocycles. The van der Waals surface area contributed by atoms with E-state index in [1.807, 2.05) is 24.3 Å². The largest absolute Gasteiger partial charge is 0.497 e. The molecule has 1 fully saturated rings. The zero-order chi connectivity index (χ0) is 23.4. The molecule has 5 heteroatoms. The molecule has 1 aliphatic heterocycles. The van der Waals surface area contributed by atoms with Gasteiger partial charge in [-0.1, -0.05) is 48.5 Å². The van der Waals surface area contributed by atoms with Crippen molar-refractivity contribution in [1.82, 2.24) is 9.80 Å². The summed E-state index contributed by atoms with van der Waals surface area (Å²) in [4.78, 5) is 16.2. The van der Waals surface area contributed by atoms with Crippen LogP contribution in [-0.4, -0.2) is 50.0 Å². The van der Waals surface area contributed by atoms with Crippen molar-refractivity contribution in [3.05, 3.63) is 101 Å². The molecule has 3 aromatic carbocycles. The van der Waals surface area contributed by atoms with E-state index in [-0.39, 0.29) is 16.9 Å². The minimum absolute atomic E-state index is 0.103. The van der Waals surface area contributed by atoms with Crippen LogP contribution in [0.1, 0.15) is 39.9 Å². The van der Waals surface area contributed by atoms with Gasteiger partial charge in [0, 0.05) is 26.1 Å². The van der Waals surface area contributed by atoms with Gasteiger partial charge in [-0.05, 0) is 66.9 Å². The van der Waals surface area contributed by atoms with Crippen LogP contribution < -0.4 is 4.74 Å². The number of carbonyl (C=O) groups is 1. The maximum Gasteiger partial charge on any atom is 0.256 e. The van der Waals surface area contributed by atoms with Gasteiger partial charge in [-0.3, -0.25) is 9.69 Å². The summed E-state index contributed by atoms with van der Waals surface area (Å²) in [6, 6.07) is 23.7. The van der Waals surface area contributed by atoms with Gasteiger partial charge in [0.2, 0.25) is 0 Å². The van der Waals surface area contributed by atoms with E-state index < -0.39 is 5.82 Å². The molecular weight excluding hydrogens is 415 g/mol. The van der Waals surface area contributed by atoms with Crippen LogP contribution in [0.4, 0.5) is 4.39 Å². The van der Waals surface area contributed by atoms with Crippen molar-refractivity contribution >= 4 is 5.91 Å². The van der Waals surface area contributed by atoms with Crippen LogP contribution in [0.15, 0.2) is 72.8 Å². The fourth-order valence-electron chi connectivity index (χ4n) is 4.83. The molecule has 0 aliphatic carbocycles. The van der Waals surface area contributed by atoms with Gasteiger partial charge in [0.25, 0.3) is 5.91 Å². The summed E-state index contributed by atoms with van der Waals surface area (Å²) >= 11 is 0. The van der Waals surface area contributed by atoms with Crippen molar-refractivity contribution in [3.63, 3.8) is 0 Å². The van der Waals surface area contributed by atoms with Gasteiger partial charge in [0.15, 0.2) is 0 Å². The first kappa shape index (κ1) is 23.0. The Hall–Kier alpha value is -3.18. The Morgan fingerprint density at radius 1 is 0.970 bits per heavy atom. The topological polar surface area (TPSA) is 32.8 Å². The van der Waals surface area contributed by atoms with Crippen LogP contribution in [0.25, 0.3) is 0 Å². The van der Waals surface area contributed by atoms with Crippen LogP contribution in [-0.2, 0) is 12.0 Å². The second-order valence-electron chi connectivity index (χ2n) is 8.97. The first-order valence-corrected chi connectivity index (χ1v) is 11.4. The van der Waals surface area contributed by atoms with Gasteiger partial charge in [-0.15, -0.1) is 0 Å². The maximum atomic E-state index is 15.1. The summed E-state index contributed by atoms with van der Waals surface area (Å²) in [5, 5.41) is 0. The van der Waals surface area contributed by atoms with E-state index in [4.69, 9.17) is 4.74 Å². The lowest BCUT2D eigenvalue weighted by Gasteiger charge is -2.43. The van der Waals surface area contributed by atoms with E-state index in [1.165, 1.54) is 10.5 Å². The first-order chi connectivity index (χ1) is 15.9. The quantitative estimate of drug-likeness (QED) is 0.527. The second-order valence-corrected chi connectivity index (χ2v) is 8.97. The molecule has 1 heterocycles. The SMILES string of the molecule is COc1cccc(C2(c3ccc(C(=O)N(C)C)c(F)c3)CCN(Cc3ccccc3)CC2)c1. The third-order valence-corrected chi connectivity index (χ3v) is 6.74. The van der Waals surface area contributed by atoms with Gasteiger partial charge in [0.05, 0.1) is 12.7 Å². The highest BCUT2D eigenvalue weighted by Crippen LogP contribution is 2.43. The molecule has 1 aliphatic rings. The first-order valence-electron chi connectivity index (χ1n) is 11.4. The number of ether oxygens (including phenoxy) is 1. The van der Waals surface area contributed by atoms with Crippen LogP contribution in [0.5, 0.6) is 5.75 Å². The van der Waals surface area contributed by atoms with Gasteiger partial charge in [-0.2, -0.15) is 0 Å². The number of piperidine rings is 1. The number of likely N-dealkylation sites (tertiary alicyclic amines) is 1. The molecule has 0 bridgehead atoms. The van der Waals surface area contributed by atoms with Gasteiger partial charge in [-0.25, -0.2) is 4.39 Å². The third-order valence-electron chi connectivity index (χ3n) is 6.74. The minimum atomic E-state index is -0.472. The van der Waals surface area contributed by atoms with E-state index in [1.54, 1.807) is 33.3 Å². The van der Waals surface area contributed by atoms with Crippen molar-refractivity contribution in [3.8, 4) is 5.75 Å². The summed E-state index contributed by atoms with van der Waals surface area (Å²) in [7, 11) is 4.93. The molecule has 3 aromatic rings. The molecule has 0 atom stereocenters. The number of benzene rings is 3. The van der Waals surface area contributed by atoms with Crippen molar-refractivity contribution in [1.29, 1.82) is 0 Å². The van der Waals surface area contributed by atoms with Crippen molar-refractivity contribution in [2.45, 2.75) is 24.8 Å². The van der Waals surface area contributed by atoms with Crippen LogP contribution in [0.2, 0.25) is 0 Å². The molecule has 0 saturated carbocycles. The highest BCUT2D eigenvalue weighted by atomic mass is 19.1. The molecule has 172 valence electrons. The fourth-order valence-corrected chi connectivity index (χ4v) is 4.83. The smallest absolute Gasteiger partial charge is 0.256 e. The molecule has 0 spiro atoms. The summed E-state index contributed by atoms with van der Waals surface area (Å²) in [6.45, 7) is 2.69. The van der Waals surface area contributed by atoms with E-state index in [0.29, 0.717) is 0 Å². The number of hydrogen-bond acceptors (Lipinski definition) is 3. The van der Waals surface area contributed by atoms with Crippen molar-refractivity contribution in [2.24, 2.45) is 0 Å². The van der Waals surface area contributed by atoms with Crippen LogP contribution >= 0.6 is 0 Å². The Morgan fingerprint density at radius 3 is 2.30 bits per heavy atom. The number of carbonyl (C=O) groups excluding carboxylic acids is 1. The predicted octanol–water partition coefficient (Wildman–Crippen LogP) is 5.12. The number of amides is 1. The molecule has 0 radical (unpaired) electrons. The Bertz CT molecular complexity index is 1110. The van der Waals surface area contributed by atoms with Gasteiger partial charge < -0.3 is 9.64 Å². The van der Waals surface area contributed by atoms with Crippen LogP contribution in [0.3, 0.4) is 0 Å². The van der Waals surface area contributed by atoms with Gasteiger partial charge in [0.1, 0.15) is 11.6 Å². The lowest BCUT2D eigenvalue weighted by molar-refractivity contribution is 0.0823. The number of hydrogen-bond donors (Lipinski definition) is 0. The van der Waals surface area contributed by atoms with E-state index >= 15 is 4.39 Å². The Balaban J connectivity index is 1.68. The normalized spacial score (nSPS) is 15.8. The zero-order valence-electron chi connectivity index (χ0n) is 19.6. The molecule has 1 saturated heterocycles.